The zero-order chi connectivity index (χ0) is 14.2. The summed E-state index contributed by atoms with van der Waals surface area (Å²) in [5.74, 6) is 3.97. The van der Waals surface area contributed by atoms with E-state index >= 15 is 0 Å². The molecule has 0 aromatic rings. The Hall–Kier alpha value is -0.420. The smallest absolute Gasteiger partial charge is 0.287 e. The molecule has 0 spiro atoms. The van der Waals surface area contributed by atoms with Crippen LogP contribution in [0.25, 0.3) is 0 Å². The van der Waals surface area contributed by atoms with Crippen LogP contribution in [0, 0.1) is 11.8 Å². The molecule has 18 heavy (non-hydrogen) atoms. The second kappa shape index (κ2) is 7.89. The fourth-order valence-corrected chi connectivity index (χ4v) is 2.92. The molecule has 0 saturated heterocycles. The minimum Gasteiger partial charge on any atom is -0.287 e. The van der Waals surface area contributed by atoms with E-state index in [0.29, 0.717) is 0 Å². The molecule has 1 unspecified atom stereocenters. The number of phosphoric ester groups is 1. The Morgan fingerprint density at radius 1 is 1.28 bits per heavy atom. The van der Waals surface area contributed by atoms with Crippen molar-refractivity contribution in [3.05, 3.63) is 0 Å². The van der Waals surface area contributed by atoms with Crippen molar-refractivity contribution in [3.63, 3.8) is 0 Å². The molecule has 0 aromatic heterocycles. The number of hydrogen-bond acceptors (Lipinski definition) is 6. The highest BCUT2D eigenvalue weighted by Gasteiger charge is 2.31. The molecule has 0 aliphatic rings. The first-order valence-corrected chi connectivity index (χ1v) is 8.28. The van der Waals surface area contributed by atoms with Gasteiger partial charge in [0, 0.05) is 0 Å². The summed E-state index contributed by atoms with van der Waals surface area (Å²) in [5.41, 5.74) is 0. The highest BCUT2D eigenvalue weighted by atomic mass is 32.2. The van der Waals surface area contributed by atoms with Crippen molar-refractivity contribution in [2.45, 2.75) is 26.9 Å². The quantitative estimate of drug-likeness (QED) is 0.411. The van der Waals surface area contributed by atoms with Crippen molar-refractivity contribution in [2.75, 3.05) is 19.0 Å². The van der Waals surface area contributed by atoms with Crippen molar-refractivity contribution in [2.24, 2.45) is 0 Å². The summed E-state index contributed by atoms with van der Waals surface area (Å²) in [5, 5.41) is 0. The summed E-state index contributed by atoms with van der Waals surface area (Å²) in [6.45, 7) is 4.74. The van der Waals surface area contributed by atoms with Crippen LogP contribution in [0.4, 0.5) is 0 Å². The Balaban J connectivity index is 4.91. The standard InChI is InChI=1S/C9H17O7PS/c1-4-7-9(8-18(11,12)13)16-17(10,14-5-2)15-6-3/h9H,5-6,8H2,1-3H3,(H,11,12,13). The molecule has 0 aromatic carbocycles. The Bertz CT molecular complexity index is 437. The minimum absolute atomic E-state index is 0.0649. The molecule has 0 fully saturated rings. The van der Waals surface area contributed by atoms with E-state index in [4.69, 9.17) is 18.1 Å². The lowest BCUT2D eigenvalue weighted by Gasteiger charge is -2.19. The number of rotatable bonds is 8. The first-order valence-electron chi connectivity index (χ1n) is 5.21. The van der Waals surface area contributed by atoms with Crippen LogP contribution in [-0.4, -0.2) is 38.0 Å². The molecular weight excluding hydrogens is 283 g/mol. The third-order valence-electron chi connectivity index (χ3n) is 1.50. The Morgan fingerprint density at radius 3 is 2.11 bits per heavy atom. The van der Waals surface area contributed by atoms with Crippen LogP contribution < -0.4 is 0 Å². The molecule has 106 valence electrons. The first-order chi connectivity index (χ1) is 8.26. The highest BCUT2D eigenvalue weighted by Crippen LogP contribution is 2.50. The van der Waals surface area contributed by atoms with Crippen molar-refractivity contribution in [3.8, 4) is 11.8 Å². The summed E-state index contributed by atoms with van der Waals surface area (Å²) >= 11 is 0. The monoisotopic (exact) mass is 300 g/mol. The van der Waals surface area contributed by atoms with Gasteiger partial charge in [0.25, 0.3) is 10.1 Å². The van der Waals surface area contributed by atoms with E-state index in [1.807, 2.05) is 0 Å². The second-order valence-electron chi connectivity index (χ2n) is 3.02. The molecule has 0 saturated carbocycles. The molecule has 0 aliphatic carbocycles. The third kappa shape index (κ3) is 7.82. The normalized spacial score (nSPS) is 13.8. The summed E-state index contributed by atoms with van der Waals surface area (Å²) in [6, 6.07) is 0. The summed E-state index contributed by atoms with van der Waals surface area (Å²) in [6.07, 6.45) is -1.28. The van der Waals surface area contributed by atoms with Gasteiger partial charge in [-0.15, -0.1) is 5.92 Å². The van der Waals surface area contributed by atoms with Crippen molar-refractivity contribution in [1.82, 2.24) is 0 Å². The van der Waals surface area contributed by atoms with E-state index < -0.39 is 29.8 Å². The van der Waals surface area contributed by atoms with E-state index in [-0.39, 0.29) is 13.2 Å². The molecule has 0 bridgehead atoms. The van der Waals surface area contributed by atoms with Gasteiger partial charge >= 0.3 is 7.82 Å². The molecule has 1 atom stereocenters. The molecule has 9 heteroatoms. The predicted octanol–water partition coefficient (Wildman–Crippen LogP) is 1.46. The zero-order valence-corrected chi connectivity index (χ0v) is 12.2. The van der Waals surface area contributed by atoms with E-state index in [9.17, 15) is 13.0 Å². The van der Waals surface area contributed by atoms with E-state index in [1.54, 1.807) is 13.8 Å². The van der Waals surface area contributed by atoms with Gasteiger partial charge in [-0.3, -0.25) is 18.1 Å². The van der Waals surface area contributed by atoms with Gasteiger partial charge in [0.15, 0.2) is 0 Å². The maximum Gasteiger partial charge on any atom is 0.476 e. The Kier molecular flexibility index (Phi) is 7.71. The van der Waals surface area contributed by atoms with Gasteiger partial charge in [-0.2, -0.15) is 8.42 Å². The SMILES string of the molecule is CC#CC(CS(=O)(=O)O)OP(=O)(OCC)OCC. The van der Waals surface area contributed by atoms with Crippen LogP contribution in [0.2, 0.25) is 0 Å². The first kappa shape index (κ1) is 17.6. The summed E-state index contributed by atoms with van der Waals surface area (Å²) in [4.78, 5) is 0. The van der Waals surface area contributed by atoms with Gasteiger partial charge in [0.05, 0.1) is 13.2 Å². The molecule has 0 heterocycles. The Morgan fingerprint density at radius 2 is 1.78 bits per heavy atom. The van der Waals surface area contributed by atoms with Crippen molar-refractivity contribution in [1.29, 1.82) is 0 Å². The van der Waals surface area contributed by atoms with Gasteiger partial charge < -0.3 is 0 Å². The van der Waals surface area contributed by atoms with Crippen LogP contribution in [0.5, 0.6) is 0 Å². The van der Waals surface area contributed by atoms with Gasteiger partial charge in [0.2, 0.25) is 0 Å². The van der Waals surface area contributed by atoms with E-state index in [2.05, 4.69) is 11.8 Å². The molecule has 0 amide bonds. The number of phosphoric acid groups is 1. The Labute approximate surface area is 107 Å². The fraction of sp³-hybridized carbons (Fsp3) is 0.778. The van der Waals surface area contributed by atoms with Crippen LogP contribution in [-0.2, 0) is 28.3 Å². The molecule has 0 aliphatic heterocycles. The van der Waals surface area contributed by atoms with Crippen molar-refractivity contribution >= 4 is 17.9 Å². The lowest BCUT2D eigenvalue weighted by molar-refractivity contribution is 0.110. The van der Waals surface area contributed by atoms with Crippen molar-refractivity contribution < 1.29 is 31.1 Å². The average molecular weight is 300 g/mol. The fourth-order valence-electron chi connectivity index (χ4n) is 1.02. The largest absolute Gasteiger partial charge is 0.476 e. The van der Waals surface area contributed by atoms with Crippen LogP contribution >= 0.6 is 7.82 Å². The van der Waals surface area contributed by atoms with Gasteiger partial charge in [-0.05, 0) is 20.8 Å². The molecule has 0 rings (SSSR count). The van der Waals surface area contributed by atoms with E-state index in [0.717, 1.165) is 0 Å². The second-order valence-corrected chi connectivity index (χ2v) is 6.14. The summed E-state index contributed by atoms with van der Waals surface area (Å²) in [7, 11) is -8.18. The predicted molar refractivity (Wildman–Crippen MR) is 65.6 cm³/mol. The van der Waals surface area contributed by atoms with Gasteiger partial charge in [0.1, 0.15) is 11.9 Å². The molecule has 1 N–H and O–H groups in total. The van der Waals surface area contributed by atoms with E-state index in [1.165, 1.54) is 6.92 Å². The van der Waals surface area contributed by atoms with Crippen LogP contribution in [0.15, 0.2) is 0 Å². The summed E-state index contributed by atoms with van der Waals surface area (Å²) < 4.78 is 56.8. The maximum atomic E-state index is 12.0. The lowest BCUT2D eigenvalue weighted by atomic mass is 10.4. The average Bonchev–Trinajstić information content (AvgIpc) is 2.15. The van der Waals surface area contributed by atoms with Crippen LogP contribution in [0.3, 0.4) is 0 Å². The number of hydrogen-bond donors (Lipinski definition) is 1. The maximum absolute atomic E-state index is 12.0. The van der Waals surface area contributed by atoms with Crippen LogP contribution in [0.1, 0.15) is 20.8 Å². The van der Waals surface area contributed by atoms with Gasteiger partial charge in [-0.1, -0.05) is 5.92 Å². The molecule has 7 nitrogen and oxygen atoms in total. The minimum atomic E-state index is -4.31. The molecular formula is C9H17O7PS. The molecule has 0 radical (unpaired) electrons. The highest BCUT2D eigenvalue weighted by molar-refractivity contribution is 7.85. The zero-order valence-electron chi connectivity index (χ0n) is 10.5. The third-order valence-corrected chi connectivity index (χ3v) is 3.88. The topological polar surface area (TPSA) is 99.1 Å². The van der Waals surface area contributed by atoms with Gasteiger partial charge in [-0.25, -0.2) is 4.57 Å². The lowest BCUT2D eigenvalue weighted by Crippen LogP contribution is -2.22.